The van der Waals surface area contributed by atoms with Crippen LogP contribution in [0.5, 0.6) is 0 Å². The van der Waals surface area contributed by atoms with E-state index in [0.717, 1.165) is 22.2 Å². The highest BCUT2D eigenvalue weighted by Crippen LogP contribution is 2.32. The molecule has 0 aliphatic carbocycles. The summed E-state index contributed by atoms with van der Waals surface area (Å²) < 4.78 is 7.44. The third kappa shape index (κ3) is 2.75. The van der Waals surface area contributed by atoms with E-state index in [1.807, 2.05) is 35.8 Å². The maximum Gasteiger partial charge on any atom is 0.152 e. The first-order chi connectivity index (χ1) is 10.8. The zero-order valence-electron chi connectivity index (χ0n) is 13.9. The van der Waals surface area contributed by atoms with Crippen molar-refractivity contribution in [1.29, 1.82) is 0 Å². The Morgan fingerprint density at radius 1 is 1.30 bits per heavy atom. The van der Waals surface area contributed by atoms with Crippen LogP contribution >= 0.6 is 0 Å². The summed E-state index contributed by atoms with van der Waals surface area (Å²) in [7, 11) is 1.64. The number of nitrogens with zero attached hydrogens (tertiary/aromatic N) is 3. The Morgan fingerprint density at radius 2 is 2.00 bits per heavy atom. The van der Waals surface area contributed by atoms with Gasteiger partial charge < -0.3 is 20.1 Å². The molecule has 0 saturated carbocycles. The van der Waals surface area contributed by atoms with Crippen LogP contribution in [0.2, 0.25) is 0 Å². The minimum absolute atomic E-state index is 0.220. The van der Waals surface area contributed by atoms with Crippen LogP contribution in [-0.2, 0) is 11.3 Å². The minimum atomic E-state index is -0.894. The molecule has 3 aromatic rings. The lowest BCUT2D eigenvalue weighted by atomic mass is 10.1. The summed E-state index contributed by atoms with van der Waals surface area (Å²) in [6.45, 7) is 5.85. The molecule has 0 bridgehead atoms. The molecule has 6 nitrogen and oxygen atoms in total. The number of hydrogen-bond donors (Lipinski definition) is 2. The summed E-state index contributed by atoms with van der Waals surface area (Å²) in [5, 5.41) is 11.3. The Labute approximate surface area is 134 Å². The van der Waals surface area contributed by atoms with Crippen LogP contribution in [0.1, 0.15) is 32.7 Å². The van der Waals surface area contributed by atoms with Crippen LogP contribution in [0.4, 0.5) is 5.82 Å². The van der Waals surface area contributed by atoms with Crippen molar-refractivity contribution in [2.24, 2.45) is 0 Å². The van der Waals surface area contributed by atoms with Gasteiger partial charge in [-0.25, -0.2) is 9.97 Å². The average molecular weight is 314 g/mol. The highest BCUT2D eigenvalue weighted by Gasteiger charge is 2.24. The third-order valence-corrected chi connectivity index (χ3v) is 3.90. The van der Waals surface area contributed by atoms with Gasteiger partial charge in [0.15, 0.2) is 5.82 Å². The first-order valence-corrected chi connectivity index (χ1v) is 7.61. The Balaban J connectivity index is 2.42. The molecule has 3 N–H and O–H groups in total. The zero-order chi connectivity index (χ0) is 16.8. The van der Waals surface area contributed by atoms with E-state index in [0.29, 0.717) is 17.9 Å². The number of methoxy groups -OCH3 is 1. The molecule has 1 aromatic carbocycles. The molecular weight excluding hydrogens is 292 g/mol. The Kier molecular flexibility index (Phi) is 3.74. The average Bonchev–Trinajstić information content (AvgIpc) is 2.85. The SMILES string of the molecule is COC(C)c1nc2c(N)nc3ccccc3c2n1CC(C)(C)O. The van der Waals surface area contributed by atoms with Crippen molar-refractivity contribution in [2.45, 2.75) is 39.0 Å². The van der Waals surface area contributed by atoms with E-state index in [4.69, 9.17) is 10.5 Å². The number of imidazole rings is 1. The molecule has 6 heteroatoms. The molecule has 0 radical (unpaired) electrons. The summed E-state index contributed by atoms with van der Waals surface area (Å²) in [6, 6.07) is 7.80. The van der Waals surface area contributed by atoms with Gasteiger partial charge in [0.1, 0.15) is 17.4 Å². The second-order valence-electron chi connectivity index (χ2n) is 6.46. The van der Waals surface area contributed by atoms with E-state index in [-0.39, 0.29) is 6.10 Å². The molecule has 0 saturated heterocycles. The summed E-state index contributed by atoms with van der Waals surface area (Å²) in [5.74, 6) is 1.12. The van der Waals surface area contributed by atoms with Crippen molar-refractivity contribution in [1.82, 2.24) is 14.5 Å². The van der Waals surface area contributed by atoms with Crippen LogP contribution in [0, 0.1) is 0 Å². The Hall–Kier alpha value is -2.18. The first-order valence-electron chi connectivity index (χ1n) is 7.61. The highest BCUT2D eigenvalue weighted by molar-refractivity contribution is 6.06. The zero-order valence-corrected chi connectivity index (χ0v) is 13.9. The van der Waals surface area contributed by atoms with E-state index in [9.17, 15) is 5.11 Å². The largest absolute Gasteiger partial charge is 0.389 e. The summed E-state index contributed by atoms with van der Waals surface area (Å²) in [5.41, 5.74) is 7.57. The van der Waals surface area contributed by atoms with Crippen LogP contribution in [-0.4, -0.2) is 32.4 Å². The van der Waals surface area contributed by atoms with Gasteiger partial charge in [-0.1, -0.05) is 18.2 Å². The minimum Gasteiger partial charge on any atom is -0.389 e. The van der Waals surface area contributed by atoms with Gasteiger partial charge in [-0.2, -0.15) is 0 Å². The number of ether oxygens (including phenoxy) is 1. The predicted octanol–water partition coefficient (Wildman–Crippen LogP) is 2.65. The van der Waals surface area contributed by atoms with E-state index < -0.39 is 5.60 Å². The maximum atomic E-state index is 10.3. The molecule has 0 aliphatic heterocycles. The first kappa shape index (κ1) is 15.7. The lowest BCUT2D eigenvalue weighted by Crippen LogP contribution is -2.27. The number of hydrogen-bond acceptors (Lipinski definition) is 5. The number of aliphatic hydroxyl groups is 1. The number of pyridine rings is 1. The monoisotopic (exact) mass is 314 g/mol. The van der Waals surface area contributed by atoms with E-state index in [1.165, 1.54) is 0 Å². The lowest BCUT2D eigenvalue weighted by molar-refractivity contribution is 0.0556. The number of para-hydroxylation sites is 1. The molecule has 23 heavy (non-hydrogen) atoms. The molecule has 3 rings (SSSR count). The predicted molar refractivity (Wildman–Crippen MR) is 91.2 cm³/mol. The van der Waals surface area contributed by atoms with Crippen molar-refractivity contribution >= 4 is 27.8 Å². The number of benzene rings is 1. The number of fused-ring (bicyclic) bond motifs is 3. The van der Waals surface area contributed by atoms with Crippen LogP contribution in [0.25, 0.3) is 21.9 Å². The molecule has 0 amide bonds. The Morgan fingerprint density at radius 3 is 2.65 bits per heavy atom. The molecule has 2 heterocycles. The van der Waals surface area contributed by atoms with Gasteiger partial charge in [-0.3, -0.25) is 0 Å². The Bertz CT molecular complexity index is 864. The van der Waals surface area contributed by atoms with Gasteiger partial charge in [0, 0.05) is 12.5 Å². The smallest absolute Gasteiger partial charge is 0.152 e. The van der Waals surface area contributed by atoms with Crippen LogP contribution in [0.3, 0.4) is 0 Å². The number of anilines is 1. The number of nitrogens with two attached hydrogens (primary N) is 1. The normalized spacial score (nSPS) is 13.8. The topological polar surface area (TPSA) is 86.2 Å². The van der Waals surface area contributed by atoms with Crippen molar-refractivity contribution in [3.63, 3.8) is 0 Å². The van der Waals surface area contributed by atoms with E-state index in [2.05, 4.69) is 9.97 Å². The second kappa shape index (κ2) is 5.47. The lowest BCUT2D eigenvalue weighted by Gasteiger charge is -2.22. The van der Waals surface area contributed by atoms with Gasteiger partial charge in [0.2, 0.25) is 0 Å². The van der Waals surface area contributed by atoms with E-state index in [1.54, 1.807) is 21.0 Å². The highest BCUT2D eigenvalue weighted by atomic mass is 16.5. The molecular formula is C17H22N4O2. The van der Waals surface area contributed by atoms with Crippen LogP contribution < -0.4 is 5.73 Å². The fraction of sp³-hybridized carbons (Fsp3) is 0.412. The maximum absolute atomic E-state index is 10.3. The number of rotatable bonds is 4. The van der Waals surface area contributed by atoms with Gasteiger partial charge in [0.25, 0.3) is 0 Å². The van der Waals surface area contributed by atoms with Gasteiger partial charge in [-0.15, -0.1) is 0 Å². The van der Waals surface area contributed by atoms with Gasteiger partial charge >= 0.3 is 0 Å². The third-order valence-electron chi connectivity index (χ3n) is 3.90. The molecule has 2 aromatic heterocycles. The molecule has 1 atom stereocenters. The van der Waals surface area contributed by atoms with Crippen molar-refractivity contribution < 1.29 is 9.84 Å². The second-order valence-corrected chi connectivity index (χ2v) is 6.46. The fourth-order valence-corrected chi connectivity index (χ4v) is 2.84. The number of nitrogen functional groups attached to an aromatic ring is 1. The molecule has 0 spiro atoms. The standard InChI is InChI=1S/C17H22N4O2/c1-10(23-4)16-20-13-14(21(16)9-17(2,3)22)11-7-5-6-8-12(11)19-15(13)18/h5-8,10,22H,9H2,1-4H3,(H2,18,19). The fourth-order valence-electron chi connectivity index (χ4n) is 2.84. The van der Waals surface area contributed by atoms with Crippen molar-refractivity contribution in [3.05, 3.63) is 30.1 Å². The molecule has 1 unspecified atom stereocenters. The van der Waals surface area contributed by atoms with Gasteiger partial charge in [-0.05, 0) is 26.8 Å². The van der Waals surface area contributed by atoms with Crippen LogP contribution in [0.15, 0.2) is 24.3 Å². The van der Waals surface area contributed by atoms with E-state index >= 15 is 0 Å². The molecule has 0 aliphatic rings. The molecule has 122 valence electrons. The summed E-state index contributed by atoms with van der Waals surface area (Å²) >= 11 is 0. The van der Waals surface area contributed by atoms with Gasteiger partial charge in [0.05, 0.1) is 23.2 Å². The quantitative estimate of drug-likeness (QED) is 0.773. The van der Waals surface area contributed by atoms with Crippen molar-refractivity contribution in [2.75, 3.05) is 12.8 Å². The summed E-state index contributed by atoms with van der Waals surface area (Å²) in [4.78, 5) is 9.10. The van der Waals surface area contributed by atoms with Crippen molar-refractivity contribution in [3.8, 4) is 0 Å². The number of aromatic nitrogens is 3. The summed E-state index contributed by atoms with van der Waals surface area (Å²) in [6.07, 6.45) is -0.220. The molecule has 0 fully saturated rings.